The Morgan fingerprint density at radius 3 is 2.92 bits per heavy atom. The smallest absolute Gasteiger partial charge is 0.255 e. The van der Waals surface area contributed by atoms with E-state index < -0.39 is 0 Å². The van der Waals surface area contributed by atoms with Gasteiger partial charge in [0.25, 0.3) is 5.56 Å². The zero-order chi connectivity index (χ0) is 17.2. The zero-order valence-electron chi connectivity index (χ0n) is 13.1. The molecule has 0 bridgehead atoms. The number of H-pyrrole nitrogens is 1. The van der Waals surface area contributed by atoms with E-state index in [1.165, 1.54) is 10.9 Å². The Hall–Kier alpha value is -3.42. The maximum absolute atomic E-state index is 12.3. The number of carbonyl (C=O) groups excluding carboxylic acids is 1. The molecule has 0 atom stereocenters. The fourth-order valence-corrected chi connectivity index (χ4v) is 2.60. The van der Waals surface area contributed by atoms with E-state index in [2.05, 4.69) is 15.1 Å². The van der Waals surface area contributed by atoms with Crippen molar-refractivity contribution < 1.29 is 14.3 Å². The highest BCUT2D eigenvalue weighted by molar-refractivity contribution is 5.83. The SMILES string of the molecule is O=C(Cc1ccc2c(c1)OCO2)Cc1cnc(-n2cccn2)[nH]c1=O. The summed E-state index contributed by atoms with van der Waals surface area (Å²) in [7, 11) is 0. The first-order valence-electron chi connectivity index (χ1n) is 7.67. The first-order chi connectivity index (χ1) is 12.2. The van der Waals surface area contributed by atoms with E-state index >= 15 is 0 Å². The van der Waals surface area contributed by atoms with Gasteiger partial charge in [-0.15, -0.1) is 0 Å². The Kier molecular flexibility index (Phi) is 3.77. The van der Waals surface area contributed by atoms with Gasteiger partial charge in [-0.1, -0.05) is 6.07 Å². The Morgan fingerprint density at radius 2 is 2.12 bits per heavy atom. The van der Waals surface area contributed by atoms with E-state index in [1.807, 2.05) is 6.07 Å². The number of benzene rings is 1. The van der Waals surface area contributed by atoms with Gasteiger partial charge in [-0.2, -0.15) is 5.10 Å². The lowest BCUT2D eigenvalue weighted by atomic mass is 10.0. The van der Waals surface area contributed by atoms with Crippen molar-refractivity contribution in [2.45, 2.75) is 12.8 Å². The van der Waals surface area contributed by atoms with Crippen molar-refractivity contribution in [2.75, 3.05) is 6.79 Å². The minimum atomic E-state index is -0.348. The van der Waals surface area contributed by atoms with Crippen molar-refractivity contribution in [2.24, 2.45) is 0 Å². The van der Waals surface area contributed by atoms with Crippen LogP contribution in [0.4, 0.5) is 0 Å². The van der Waals surface area contributed by atoms with E-state index in [0.717, 1.165) is 5.56 Å². The molecule has 0 aliphatic carbocycles. The molecule has 4 rings (SSSR count). The molecule has 0 amide bonds. The molecule has 0 saturated heterocycles. The first-order valence-corrected chi connectivity index (χ1v) is 7.67. The zero-order valence-corrected chi connectivity index (χ0v) is 13.1. The van der Waals surface area contributed by atoms with E-state index in [-0.39, 0.29) is 31.0 Å². The monoisotopic (exact) mass is 338 g/mol. The van der Waals surface area contributed by atoms with Crippen LogP contribution in [-0.2, 0) is 17.6 Å². The third-order valence-corrected chi connectivity index (χ3v) is 3.81. The average molecular weight is 338 g/mol. The average Bonchev–Trinajstić information content (AvgIpc) is 3.27. The van der Waals surface area contributed by atoms with Crippen molar-refractivity contribution in [3.8, 4) is 17.4 Å². The highest BCUT2D eigenvalue weighted by Gasteiger charge is 2.15. The third-order valence-electron chi connectivity index (χ3n) is 3.81. The second-order valence-corrected chi connectivity index (χ2v) is 5.59. The maximum atomic E-state index is 12.3. The topological polar surface area (TPSA) is 99.1 Å². The number of ether oxygens (including phenoxy) is 2. The summed E-state index contributed by atoms with van der Waals surface area (Å²) in [6.07, 6.45) is 4.88. The number of fused-ring (bicyclic) bond motifs is 1. The highest BCUT2D eigenvalue weighted by Crippen LogP contribution is 2.32. The summed E-state index contributed by atoms with van der Waals surface area (Å²) >= 11 is 0. The van der Waals surface area contributed by atoms with Crippen LogP contribution < -0.4 is 15.0 Å². The summed E-state index contributed by atoms with van der Waals surface area (Å²) in [5.74, 6) is 1.53. The number of aromatic amines is 1. The molecular formula is C17H14N4O4. The van der Waals surface area contributed by atoms with Gasteiger partial charge in [0, 0.05) is 37.0 Å². The lowest BCUT2D eigenvalue weighted by Gasteiger charge is -2.04. The Labute approximate surface area is 142 Å². The number of aromatic nitrogens is 4. The summed E-state index contributed by atoms with van der Waals surface area (Å²) in [5.41, 5.74) is 0.785. The molecule has 1 aliphatic heterocycles. The number of rotatable bonds is 5. The van der Waals surface area contributed by atoms with Crippen LogP contribution in [0.5, 0.6) is 11.5 Å². The molecule has 126 valence electrons. The predicted molar refractivity (Wildman–Crippen MR) is 87.0 cm³/mol. The molecular weight excluding hydrogens is 324 g/mol. The second-order valence-electron chi connectivity index (χ2n) is 5.59. The maximum Gasteiger partial charge on any atom is 0.255 e. The van der Waals surface area contributed by atoms with Gasteiger partial charge < -0.3 is 9.47 Å². The van der Waals surface area contributed by atoms with E-state index in [0.29, 0.717) is 23.0 Å². The van der Waals surface area contributed by atoms with Crippen LogP contribution in [0.15, 0.2) is 47.7 Å². The lowest BCUT2D eigenvalue weighted by molar-refractivity contribution is -0.117. The minimum absolute atomic E-state index is 0.0101. The van der Waals surface area contributed by atoms with Crippen molar-refractivity contribution in [3.05, 3.63) is 64.3 Å². The summed E-state index contributed by atoms with van der Waals surface area (Å²) in [5, 5.41) is 4.00. The van der Waals surface area contributed by atoms with Crippen LogP contribution in [0.2, 0.25) is 0 Å². The largest absolute Gasteiger partial charge is 0.454 e. The number of ketones is 1. The molecule has 0 spiro atoms. The van der Waals surface area contributed by atoms with Crippen LogP contribution in [0.3, 0.4) is 0 Å². The van der Waals surface area contributed by atoms with Gasteiger partial charge >= 0.3 is 0 Å². The molecule has 0 radical (unpaired) electrons. The predicted octanol–water partition coefficient (Wildman–Crippen LogP) is 1.04. The van der Waals surface area contributed by atoms with Crippen LogP contribution in [0.25, 0.3) is 5.95 Å². The van der Waals surface area contributed by atoms with E-state index in [4.69, 9.17) is 9.47 Å². The van der Waals surface area contributed by atoms with Crippen molar-refractivity contribution in [3.63, 3.8) is 0 Å². The van der Waals surface area contributed by atoms with Gasteiger partial charge in [0.1, 0.15) is 5.78 Å². The van der Waals surface area contributed by atoms with Crippen LogP contribution in [-0.4, -0.2) is 32.3 Å². The van der Waals surface area contributed by atoms with Gasteiger partial charge in [-0.25, -0.2) is 9.67 Å². The number of Topliss-reactive ketones (excluding diaryl/α,β-unsaturated/α-hetero) is 1. The van der Waals surface area contributed by atoms with Crippen molar-refractivity contribution >= 4 is 5.78 Å². The summed E-state index contributed by atoms with van der Waals surface area (Å²) < 4.78 is 12.0. The Balaban J connectivity index is 1.46. The van der Waals surface area contributed by atoms with Gasteiger partial charge in [0.15, 0.2) is 11.5 Å². The molecule has 3 heterocycles. The number of hydrogen-bond donors (Lipinski definition) is 1. The Bertz CT molecular complexity index is 979. The van der Waals surface area contributed by atoms with Crippen molar-refractivity contribution in [1.82, 2.24) is 19.7 Å². The van der Waals surface area contributed by atoms with E-state index in [9.17, 15) is 9.59 Å². The molecule has 8 heteroatoms. The molecule has 2 aromatic heterocycles. The normalized spacial score (nSPS) is 12.3. The van der Waals surface area contributed by atoms with Gasteiger partial charge in [-0.3, -0.25) is 14.6 Å². The number of hydrogen-bond acceptors (Lipinski definition) is 6. The summed E-state index contributed by atoms with van der Waals surface area (Å²) in [4.78, 5) is 31.2. The minimum Gasteiger partial charge on any atom is -0.454 e. The molecule has 8 nitrogen and oxygen atoms in total. The van der Waals surface area contributed by atoms with Crippen LogP contribution in [0.1, 0.15) is 11.1 Å². The number of nitrogens with zero attached hydrogens (tertiary/aromatic N) is 3. The lowest BCUT2D eigenvalue weighted by Crippen LogP contribution is -2.20. The fraction of sp³-hybridized carbons (Fsp3) is 0.176. The first kappa shape index (κ1) is 15.1. The van der Waals surface area contributed by atoms with Gasteiger partial charge in [0.2, 0.25) is 12.7 Å². The van der Waals surface area contributed by atoms with Crippen LogP contribution >= 0.6 is 0 Å². The molecule has 1 aliphatic rings. The number of nitrogens with one attached hydrogen (secondary N) is 1. The molecule has 0 unspecified atom stereocenters. The molecule has 25 heavy (non-hydrogen) atoms. The molecule has 0 saturated carbocycles. The molecule has 1 aromatic carbocycles. The Morgan fingerprint density at radius 1 is 1.24 bits per heavy atom. The molecule has 3 aromatic rings. The number of carbonyl (C=O) groups is 1. The highest BCUT2D eigenvalue weighted by atomic mass is 16.7. The summed E-state index contributed by atoms with van der Waals surface area (Å²) in [6.45, 7) is 0.191. The summed E-state index contributed by atoms with van der Waals surface area (Å²) in [6, 6.07) is 7.10. The van der Waals surface area contributed by atoms with Crippen LogP contribution in [0, 0.1) is 0 Å². The third kappa shape index (κ3) is 3.14. The quantitative estimate of drug-likeness (QED) is 0.746. The second kappa shape index (κ2) is 6.23. The van der Waals surface area contributed by atoms with Gasteiger partial charge in [0.05, 0.1) is 0 Å². The molecule has 0 fully saturated rings. The standard InChI is InChI=1S/C17H14N4O4/c22-13(6-11-2-3-14-15(7-11)25-10-24-14)8-12-9-18-17(20-16(12)23)21-5-1-4-19-21/h1-5,7,9H,6,8,10H2,(H,18,20,23). The fourth-order valence-electron chi connectivity index (χ4n) is 2.60. The van der Waals surface area contributed by atoms with Crippen molar-refractivity contribution in [1.29, 1.82) is 0 Å². The van der Waals surface area contributed by atoms with Gasteiger partial charge in [-0.05, 0) is 23.8 Å². The van der Waals surface area contributed by atoms with E-state index in [1.54, 1.807) is 30.6 Å². The molecule has 1 N–H and O–H groups in total.